The number of aryl methyl sites for hydroxylation is 1. The zero-order chi connectivity index (χ0) is 25.5. The Balaban J connectivity index is 1.55. The molecular weight excluding hydrogens is 456 g/mol. The number of nitrogens with zero attached hydrogens (tertiary/aromatic N) is 1. The van der Waals surface area contributed by atoms with Gasteiger partial charge in [0.15, 0.2) is 0 Å². The molecule has 1 N–H and O–H groups in total. The molecule has 0 aliphatic carbocycles. The fourth-order valence-corrected chi connectivity index (χ4v) is 4.60. The molecular formula is C29H36N2O5. The first kappa shape index (κ1) is 25.8. The molecule has 0 saturated carbocycles. The third-order valence-corrected chi connectivity index (χ3v) is 6.56. The van der Waals surface area contributed by atoms with Crippen molar-refractivity contribution in [2.75, 3.05) is 53.1 Å². The lowest BCUT2D eigenvalue weighted by Crippen LogP contribution is -2.38. The zero-order valence-electron chi connectivity index (χ0n) is 21.7. The van der Waals surface area contributed by atoms with Gasteiger partial charge in [-0.15, -0.1) is 0 Å². The number of allylic oxidation sites excluding steroid dienone is 1. The SMILES string of the molecule is CCOc1c(/C(C)=C/C(=O)NCCCN2CCOCC2)cc2c(-c3ccc(OC)cc3)coc2c1C. The van der Waals surface area contributed by atoms with Gasteiger partial charge in [-0.05, 0) is 63.1 Å². The molecule has 1 aliphatic rings. The first-order chi connectivity index (χ1) is 17.5. The van der Waals surface area contributed by atoms with E-state index >= 15 is 0 Å². The van der Waals surface area contributed by atoms with Crippen molar-refractivity contribution in [3.63, 3.8) is 0 Å². The lowest BCUT2D eigenvalue weighted by Gasteiger charge is -2.26. The molecule has 7 heteroatoms. The van der Waals surface area contributed by atoms with E-state index in [2.05, 4.69) is 16.3 Å². The minimum Gasteiger partial charge on any atom is -0.497 e. The summed E-state index contributed by atoms with van der Waals surface area (Å²) in [5.41, 5.74) is 5.46. The number of methoxy groups -OCH3 is 1. The van der Waals surface area contributed by atoms with E-state index in [1.54, 1.807) is 19.4 Å². The molecule has 36 heavy (non-hydrogen) atoms. The summed E-state index contributed by atoms with van der Waals surface area (Å²) in [6.45, 7) is 11.5. The van der Waals surface area contributed by atoms with Crippen molar-refractivity contribution >= 4 is 22.4 Å². The van der Waals surface area contributed by atoms with Gasteiger partial charge in [-0.2, -0.15) is 0 Å². The van der Waals surface area contributed by atoms with Crippen molar-refractivity contribution in [1.82, 2.24) is 10.2 Å². The molecule has 1 aliphatic heterocycles. The van der Waals surface area contributed by atoms with E-state index in [9.17, 15) is 4.79 Å². The maximum Gasteiger partial charge on any atom is 0.244 e. The molecule has 4 rings (SSSR count). The maximum absolute atomic E-state index is 12.7. The molecule has 7 nitrogen and oxygen atoms in total. The van der Waals surface area contributed by atoms with Crippen LogP contribution in [0.1, 0.15) is 31.4 Å². The number of ether oxygens (including phenoxy) is 3. The van der Waals surface area contributed by atoms with Gasteiger partial charge in [0.2, 0.25) is 5.91 Å². The molecule has 0 atom stereocenters. The minimum atomic E-state index is -0.0998. The highest BCUT2D eigenvalue weighted by atomic mass is 16.5. The van der Waals surface area contributed by atoms with E-state index in [0.717, 1.165) is 89.6 Å². The van der Waals surface area contributed by atoms with Gasteiger partial charge in [-0.3, -0.25) is 9.69 Å². The molecule has 0 bridgehead atoms. The number of hydrogen-bond acceptors (Lipinski definition) is 6. The van der Waals surface area contributed by atoms with E-state index in [4.69, 9.17) is 18.6 Å². The van der Waals surface area contributed by atoms with Crippen molar-refractivity contribution in [2.24, 2.45) is 0 Å². The van der Waals surface area contributed by atoms with Gasteiger partial charge in [0, 0.05) is 47.8 Å². The molecule has 2 aromatic carbocycles. The summed E-state index contributed by atoms with van der Waals surface area (Å²) in [7, 11) is 1.66. The van der Waals surface area contributed by atoms with Crippen molar-refractivity contribution in [1.29, 1.82) is 0 Å². The Hall–Kier alpha value is -3.29. The number of rotatable bonds is 10. The highest BCUT2D eigenvalue weighted by Gasteiger charge is 2.19. The van der Waals surface area contributed by atoms with Crippen molar-refractivity contribution in [3.8, 4) is 22.6 Å². The van der Waals surface area contributed by atoms with Crippen LogP contribution < -0.4 is 14.8 Å². The monoisotopic (exact) mass is 492 g/mol. The highest BCUT2D eigenvalue weighted by Crippen LogP contribution is 2.41. The Labute approximate surface area is 213 Å². The number of fused-ring (bicyclic) bond motifs is 1. The average Bonchev–Trinajstić information content (AvgIpc) is 3.33. The zero-order valence-corrected chi connectivity index (χ0v) is 21.7. The van der Waals surface area contributed by atoms with E-state index in [-0.39, 0.29) is 5.91 Å². The van der Waals surface area contributed by atoms with Crippen LogP contribution in [0.25, 0.3) is 27.7 Å². The van der Waals surface area contributed by atoms with Crippen LogP contribution in [0.15, 0.2) is 47.1 Å². The van der Waals surface area contributed by atoms with E-state index < -0.39 is 0 Å². The molecule has 1 fully saturated rings. The third-order valence-electron chi connectivity index (χ3n) is 6.56. The molecule has 3 aromatic rings. The normalized spacial score (nSPS) is 14.7. The second kappa shape index (κ2) is 12.1. The quantitative estimate of drug-likeness (QED) is 0.315. The third kappa shape index (κ3) is 5.91. The summed E-state index contributed by atoms with van der Waals surface area (Å²) in [4.78, 5) is 15.1. The van der Waals surface area contributed by atoms with Gasteiger partial charge in [0.25, 0.3) is 0 Å². The molecule has 2 heterocycles. The second-order valence-electron chi connectivity index (χ2n) is 8.99. The van der Waals surface area contributed by atoms with E-state index in [0.29, 0.717) is 13.2 Å². The largest absolute Gasteiger partial charge is 0.497 e. The maximum atomic E-state index is 12.7. The number of carbonyl (C=O) groups excluding carboxylic acids is 1. The summed E-state index contributed by atoms with van der Waals surface area (Å²) in [5.74, 6) is 1.45. The number of amides is 1. The fraction of sp³-hybridized carbons (Fsp3) is 0.414. The first-order valence-electron chi connectivity index (χ1n) is 12.6. The van der Waals surface area contributed by atoms with Crippen LogP contribution in [0.3, 0.4) is 0 Å². The number of nitrogens with one attached hydrogen (secondary N) is 1. The molecule has 192 valence electrons. The molecule has 1 saturated heterocycles. The Bertz CT molecular complexity index is 1210. The lowest BCUT2D eigenvalue weighted by molar-refractivity contribution is -0.116. The molecule has 0 radical (unpaired) electrons. The molecule has 1 amide bonds. The molecule has 0 spiro atoms. The predicted octanol–water partition coefficient (Wildman–Crippen LogP) is 5.06. The second-order valence-corrected chi connectivity index (χ2v) is 8.99. The lowest BCUT2D eigenvalue weighted by atomic mass is 9.96. The van der Waals surface area contributed by atoms with Crippen LogP contribution in [-0.4, -0.2) is 63.9 Å². The van der Waals surface area contributed by atoms with E-state index in [1.807, 2.05) is 45.0 Å². The van der Waals surface area contributed by atoms with Crippen molar-refractivity contribution in [3.05, 3.63) is 53.8 Å². The predicted molar refractivity (Wildman–Crippen MR) is 143 cm³/mol. The Morgan fingerprint density at radius 2 is 1.94 bits per heavy atom. The molecule has 1 aromatic heterocycles. The summed E-state index contributed by atoms with van der Waals surface area (Å²) >= 11 is 0. The van der Waals surface area contributed by atoms with Crippen LogP contribution in [-0.2, 0) is 9.53 Å². The van der Waals surface area contributed by atoms with Crippen LogP contribution in [0.2, 0.25) is 0 Å². The van der Waals surface area contributed by atoms with Crippen LogP contribution >= 0.6 is 0 Å². The van der Waals surface area contributed by atoms with Gasteiger partial charge in [-0.25, -0.2) is 0 Å². The van der Waals surface area contributed by atoms with Crippen molar-refractivity contribution < 1.29 is 23.4 Å². The Kier molecular flexibility index (Phi) is 8.67. The van der Waals surface area contributed by atoms with Gasteiger partial charge >= 0.3 is 0 Å². The number of benzene rings is 2. The van der Waals surface area contributed by atoms with Gasteiger partial charge < -0.3 is 23.9 Å². The van der Waals surface area contributed by atoms with Gasteiger partial charge in [0.05, 0.1) is 33.2 Å². The van der Waals surface area contributed by atoms with Gasteiger partial charge in [-0.1, -0.05) is 12.1 Å². The minimum absolute atomic E-state index is 0.0998. The number of carbonyl (C=O) groups is 1. The summed E-state index contributed by atoms with van der Waals surface area (Å²) in [6.07, 6.45) is 4.35. The number of morpholine rings is 1. The Morgan fingerprint density at radius 3 is 2.64 bits per heavy atom. The van der Waals surface area contributed by atoms with Crippen LogP contribution in [0.5, 0.6) is 11.5 Å². The number of hydrogen-bond donors (Lipinski definition) is 1. The topological polar surface area (TPSA) is 73.2 Å². The Morgan fingerprint density at radius 1 is 1.19 bits per heavy atom. The molecule has 0 unspecified atom stereocenters. The first-order valence-corrected chi connectivity index (χ1v) is 12.6. The smallest absolute Gasteiger partial charge is 0.244 e. The van der Waals surface area contributed by atoms with Crippen LogP contribution in [0, 0.1) is 6.92 Å². The summed E-state index contributed by atoms with van der Waals surface area (Å²) < 4.78 is 22.7. The van der Waals surface area contributed by atoms with Crippen LogP contribution in [0.4, 0.5) is 0 Å². The summed E-state index contributed by atoms with van der Waals surface area (Å²) in [6, 6.07) is 9.97. The highest BCUT2D eigenvalue weighted by molar-refractivity contribution is 6.01. The van der Waals surface area contributed by atoms with Crippen molar-refractivity contribution in [2.45, 2.75) is 27.2 Å². The number of furan rings is 1. The standard InChI is InChI=1S/C29H36N2O5/c1-5-35-28-21(3)29-25(26(19-36-29)22-7-9-23(33-4)10-8-22)18-24(28)20(2)17-27(32)30-11-6-12-31-13-15-34-16-14-31/h7-10,17-19H,5-6,11-16H2,1-4H3,(H,30,32)/b20-17+. The van der Waals surface area contributed by atoms with Gasteiger partial charge in [0.1, 0.15) is 17.1 Å². The summed E-state index contributed by atoms with van der Waals surface area (Å²) in [5, 5.41) is 4.01. The average molecular weight is 493 g/mol. The van der Waals surface area contributed by atoms with E-state index in [1.165, 1.54) is 0 Å². The fourth-order valence-electron chi connectivity index (χ4n) is 4.60.